The van der Waals surface area contributed by atoms with E-state index in [9.17, 15) is 4.80 Å². The predicted molar refractivity (Wildman–Crippen MR) is 141 cm³/mol. The molecule has 3 saturated carbocycles. The van der Waals surface area contributed by atoms with Crippen molar-refractivity contribution in [3.8, 4) is 0 Å². The quantitative estimate of drug-likeness (QED) is 0.298. The van der Waals surface area contributed by atoms with Gasteiger partial charge in [0.1, 0.15) is 0 Å². The van der Waals surface area contributed by atoms with Gasteiger partial charge < -0.3 is 20.1 Å². The second-order valence-electron chi connectivity index (χ2n) is 11.2. The fraction of sp³-hybridized carbons (Fsp3) is 1.00. The first-order valence-corrected chi connectivity index (χ1v) is 16.0. The van der Waals surface area contributed by atoms with E-state index in [4.69, 9.17) is 15.3 Å². The zero-order valence-corrected chi connectivity index (χ0v) is 25.4. The van der Waals surface area contributed by atoms with E-state index in [1.165, 1.54) is 57.8 Å². The van der Waals surface area contributed by atoms with Crippen molar-refractivity contribution in [3.63, 3.8) is 0 Å². The summed E-state index contributed by atoms with van der Waals surface area (Å²) in [5, 5.41) is 26.7. The van der Waals surface area contributed by atoms with Crippen molar-refractivity contribution in [1.82, 2.24) is 0 Å². The van der Waals surface area contributed by atoms with Gasteiger partial charge in [-0.25, -0.2) is 0 Å². The van der Waals surface area contributed by atoms with Gasteiger partial charge in [0.2, 0.25) is 0 Å². The van der Waals surface area contributed by atoms with Crippen molar-refractivity contribution in [2.75, 3.05) is 0 Å². The third-order valence-corrected chi connectivity index (χ3v) is 13.0. The monoisotopic (exact) mass is 522 g/mol. The summed E-state index contributed by atoms with van der Waals surface area (Å²) in [6.07, 6.45) is 17.8. The zero-order valence-electron chi connectivity index (χ0n) is 22.9. The first-order chi connectivity index (χ1) is 15.0. The summed E-state index contributed by atoms with van der Waals surface area (Å²) in [6.45, 7) is 12.9. The molecule has 198 valence electrons. The molecule has 4 nitrogen and oxygen atoms in total. The fourth-order valence-corrected chi connectivity index (χ4v) is 9.24. The molecule has 0 aliphatic heterocycles. The Hall–Kier alpha value is 0.771. The molecule has 3 rings (SSSR count). The molecule has 0 spiro atoms. The van der Waals surface area contributed by atoms with Crippen LogP contribution in [0.2, 0.25) is 16.6 Å². The van der Waals surface area contributed by atoms with Gasteiger partial charge in [-0.15, -0.1) is 0 Å². The molecule has 33 heavy (non-hydrogen) atoms. The molecule has 4 N–H and O–H groups in total. The summed E-state index contributed by atoms with van der Waals surface area (Å²) in [4.78, 5) is 10.4. The van der Waals surface area contributed by atoms with Crippen LogP contribution in [-0.4, -0.2) is 46.7 Å². The molecule has 0 amide bonds. The van der Waals surface area contributed by atoms with Crippen LogP contribution in [0.25, 0.3) is 0 Å². The third kappa shape index (κ3) is 17.0. The van der Waals surface area contributed by atoms with Crippen LogP contribution >= 0.6 is 0 Å². The number of rotatable bonds is 3. The zero-order chi connectivity index (χ0) is 24.6. The molecule has 0 aromatic carbocycles. The van der Waals surface area contributed by atoms with Crippen molar-refractivity contribution < 1.29 is 41.8 Å². The minimum Gasteiger partial charge on any atom is -0.431 e. The van der Waals surface area contributed by atoms with Gasteiger partial charge in [-0.2, -0.15) is 0 Å². The first-order valence-electron chi connectivity index (χ1n) is 13.8. The van der Waals surface area contributed by atoms with Crippen LogP contribution in [0.4, 0.5) is 0 Å². The molecule has 0 aromatic heterocycles. The van der Waals surface area contributed by atoms with Gasteiger partial charge in [0.25, 0.3) is 0 Å². The summed E-state index contributed by atoms with van der Waals surface area (Å²) < 4.78 is 0. The average molecular weight is 523 g/mol. The maximum atomic E-state index is 10.4. The van der Waals surface area contributed by atoms with E-state index in [1.54, 1.807) is 0 Å². The Morgan fingerprint density at radius 3 is 0.697 bits per heavy atom. The van der Waals surface area contributed by atoms with Crippen LogP contribution in [-0.2, 0) is 21.7 Å². The second kappa shape index (κ2) is 20.9. The van der Waals surface area contributed by atoms with Crippen LogP contribution in [0, 0.1) is 0 Å². The normalized spacial score (nSPS) is 20.6. The minimum absolute atomic E-state index is 0. The largest absolute Gasteiger partial charge is 0.431 e. The van der Waals surface area contributed by atoms with Gasteiger partial charge in [0, 0.05) is 21.7 Å². The van der Waals surface area contributed by atoms with Gasteiger partial charge in [0.05, 0.1) is 18.3 Å². The Morgan fingerprint density at radius 1 is 0.455 bits per heavy atom. The van der Waals surface area contributed by atoms with Crippen molar-refractivity contribution in [2.24, 2.45) is 0 Å². The topological polar surface area (TPSA) is 80.9 Å². The van der Waals surface area contributed by atoms with E-state index in [1.807, 2.05) is 0 Å². The van der Waals surface area contributed by atoms with Crippen LogP contribution in [0.5, 0.6) is 0 Å². The van der Waals surface area contributed by atoms with Gasteiger partial charge in [0.15, 0.2) is 8.32 Å². The van der Waals surface area contributed by atoms with Crippen LogP contribution in [0.3, 0.4) is 0 Å². The average Bonchev–Trinajstić information content (AvgIpc) is 2.75. The first kappa shape index (κ1) is 35.9. The van der Waals surface area contributed by atoms with E-state index in [0.717, 1.165) is 38.5 Å². The van der Waals surface area contributed by atoms with Gasteiger partial charge >= 0.3 is 0 Å². The van der Waals surface area contributed by atoms with Crippen molar-refractivity contribution in [2.45, 2.75) is 173 Å². The van der Waals surface area contributed by atoms with Crippen LogP contribution in [0.1, 0.15) is 138 Å². The van der Waals surface area contributed by atoms with E-state index in [2.05, 4.69) is 41.5 Å². The van der Waals surface area contributed by atoms with E-state index in [-0.39, 0.29) is 40.0 Å². The van der Waals surface area contributed by atoms with E-state index < -0.39 is 8.32 Å². The Bertz CT molecular complexity index is 357. The summed E-state index contributed by atoms with van der Waals surface area (Å²) in [7, 11) is -1.98. The van der Waals surface area contributed by atoms with Crippen molar-refractivity contribution >= 4 is 8.32 Å². The summed E-state index contributed by atoms with van der Waals surface area (Å²) in [5.74, 6) is 0. The van der Waals surface area contributed by atoms with Gasteiger partial charge in [-0.3, -0.25) is 0 Å². The molecular formula is C27H58O4SiTi. The third-order valence-electron chi connectivity index (χ3n) is 7.50. The molecule has 0 saturated heterocycles. The SMILES string of the molecule is CC(C)[Si](O)(C(C)C)C(C)C.OC1CCCCC1.OC1CCCCC1.OC1CCCCC1.[Ti]. The van der Waals surface area contributed by atoms with Crippen LogP contribution in [0.15, 0.2) is 0 Å². The van der Waals surface area contributed by atoms with Crippen molar-refractivity contribution in [3.05, 3.63) is 0 Å². The molecule has 0 radical (unpaired) electrons. The fourth-order valence-electron chi connectivity index (χ4n) is 5.24. The predicted octanol–water partition coefficient (Wildman–Crippen LogP) is 7.09. The summed E-state index contributed by atoms with van der Waals surface area (Å²) in [6, 6.07) is 0. The Morgan fingerprint density at radius 2 is 0.636 bits per heavy atom. The van der Waals surface area contributed by atoms with Gasteiger partial charge in [-0.05, 0) is 55.1 Å². The number of hydrogen-bond donors (Lipinski definition) is 4. The summed E-state index contributed by atoms with van der Waals surface area (Å²) >= 11 is 0. The molecule has 0 atom stereocenters. The maximum absolute atomic E-state index is 10.4. The van der Waals surface area contributed by atoms with E-state index in [0.29, 0.717) is 16.6 Å². The molecule has 0 bridgehead atoms. The smallest absolute Gasteiger partial charge is 0.196 e. The van der Waals surface area contributed by atoms with Crippen molar-refractivity contribution in [1.29, 1.82) is 0 Å². The second-order valence-corrected chi connectivity index (χ2v) is 16.5. The van der Waals surface area contributed by atoms with Gasteiger partial charge in [-0.1, -0.05) is 99.3 Å². The molecule has 3 aliphatic carbocycles. The molecule has 3 fully saturated rings. The summed E-state index contributed by atoms with van der Waals surface area (Å²) in [5.41, 5.74) is 1.42. The molecule has 0 unspecified atom stereocenters. The Labute approximate surface area is 222 Å². The number of aliphatic hydroxyl groups is 3. The molecule has 6 heteroatoms. The Balaban J connectivity index is 0. The van der Waals surface area contributed by atoms with Crippen LogP contribution < -0.4 is 0 Å². The molecular weight excluding hydrogens is 464 g/mol. The number of hydrogen-bond acceptors (Lipinski definition) is 4. The molecule has 3 aliphatic rings. The molecule has 0 heterocycles. The van der Waals surface area contributed by atoms with E-state index >= 15 is 0 Å². The standard InChI is InChI=1S/C9H22OSi.3C6H12O.Ti/c1-7(2)11(10,8(3)4)9(5)6;3*7-6-4-2-1-3-5-6;/h7-10H,1-6H3;3*6-7H,1-5H2;. The Kier molecular flexibility index (Phi) is 22.8. The molecule has 0 aromatic rings. The minimum atomic E-state index is -1.98. The maximum Gasteiger partial charge on any atom is 0.196 e. The number of aliphatic hydroxyl groups excluding tert-OH is 3.